The van der Waals surface area contributed by atoms with Crippen molar-refractivity contribution in [1.82, 2.24) is 4.90 Å². The largest absolute Gasteiger partial charge is 0.455 e. The van der Waals surface area contributed by atoms with E-state index in [0.717, 1.165) is 25.9 Å². The van der Waals surface area contributed by atoms with Gasteiger partial charge in [-0.05, 0) is 38.1 Å². The maximum atomic E-state index is 13.6. The molecule has 1 amide bonds. The van der Waals surface area contributed by atoms with Crippen LogP contribution in [0.3, 0.4) is 0 Å². The lowest BCUT2D eigenvalue weighted by Crippen LogP contribution is -2.18. The number of amides is 1. The summed E-state index contributed by atoms with van der Waals surface area (Å²) >= 11 is 0. The molecule has 0 atom stereocenters. The molecule has 0 unspecified atom stereocenters. The lowest BCUT2D eigenvalue weighted by atomic mass is 10.2. The van der Waals surface area contributed by atoms with E-state index in [1.807, 2.05) is 5.32 Å². The van der Waals surface area contributed by atoms with E-state index in [2.05, 4.69) is 4.90 Å². The molecule has 0 aliphatic carbocycles. The van der Waals surface area contributed by atoms with Crippen LogP contribution in [0.5, 0.6) is 0 Å². The Morgan fingerprint density at radius 2 is 1.71 bits per heavy atom. The summed E-state index contributed by atoms with van der Waals surface area (Å²) in [5, 5.41) is 1.81. The van der Waals surface area contributed by atoms with Crippen LogP contribution < -0.4 is 5.32 Å². The molecular formula is C16H14F4N2O2. The zero-order valence-electron chi connectivity index (χ0n) is 12.5. The molecule has 1 fully saturated rings. The number of carbonyl (C=O) groups is 1. The Bertz CT molecular complexity index is 743. The molecule has 1 saturated heterocycles. The van der Waals surface area contributed by atoms with E-state index >= 15 is 0 Å². The summed E-state index contributed by atoms with van der Waals surface area (Å²) in [6.07, 6.45) is 2.19. The molecule has 0 saturated carbocycles. The van der Waals surface area contributed by atoms with E-state index in [1.54, 1.807) is 6.07 Å². The summed E-state index contributed by atoms with van der Waals surface area (Å²) < 4.78 is 58.7. The average molecular weight is 342 g/mol. The Morgan fingerprint density at radius 3 is 2.33 bits per heavy atom. The van der Waals surface area contributed by atoms with Gasteiger partial charge < -0.3 is 9.73 Å². The van der Waals surface area contributed by atoms with Gasteiger partial charge in [-0.1, -0.05) is 0 Å². The highest BCUT2D eigenvalue weighted by molar-refractivity contribution is 6.02. The zero-order chi connectivity index (χ0) is 17.3. The van der Waals surface area contributed by atoms with E-state index in [1.165, 1.54) is 6.07 Å². The quantitative estimate of drug-likeness (QED) is 0.681. The summed E-state index contributed by atoms with van der Waals surface area (Å²) in [5.74, 6) is -7.22. The standard InChI is InChI=1S/C16H14F4N2O2/c17-10-7-11(18)14(20)15(13(10)19)21-16(23)12-4-3-9(24-12)8-22-5-1-2-6-22/h3-4,7H,1-2,5-6,8H2,(H,21,23). The van der Waals surface area contributed by atoms with Gasteiger partial charge in [-0.25, -0.2) is 17.6 Å². The number of anilines is 1. The van der Waals surface area contributed by atoms with Gasteiger partial charge in [0.1, 0.15) is 11.4 Å². The molecule has 3 rings (SSSR count). The maximum Gasteiger partial charge on any atom is 0.291 e. The smallest absolute Gasteiger partial charge is 0.291 e. The molecule has 2 aromatic rings. The van der Waals surface area contributed by atoms with Gasteiger partial charge in [0.15, 0.2) is 29.0 Å². The molecule has 4 nitrogen and oxygen atoms in total. The van der Waals surface area contributed by atoms with Gasteiger partial charge >= 0.3 is 0 Å². The van der Waals surface area contributed by atoms with Crippen LogP contribution >= 0.6 is 0 Å². The lowest BCUT2D eigenvalue weighted by Gasteiger charge is -2.11. The monoisotopic (exact) mass is 342 g/mol. The molecular weight excluding hydrogens is 328 g/mol. The third-order valence-electron chi connectivity index (χ3n) is 3.81. The molecule has 0 radical (unpaired) electrons. The number of halogens is 4. The van der Waals surface area contributed by atoms with Crippen molar-refractivity contribution in [2.24, 2.45) is 0 Å². The fourth-order valence-electron chi connectivity index (χ4n) is 2.60. The first-order chi connectivity index (χ1) is 11.5. The van der Waals surface area contributed by atoms with Crippen molar-refractivity contribution in [3.8, 4) is 0 Å². The topological polar surface area (TPSA) is 45.5 Å². The Morgan fingerprint density at radius 1 is 1.08 bits per heavy atom. The number of benzene rings is 1. The number of carbonyl (C=O) groups excluding carboxylic acids is 1. The number of nitrogens with one attached hydrogen (secondary N) is 1. The molecule has 128 valence electrons. The van der Waals surface area contributed by atoms with Gasteiger partial charge in [0, 0.05) is 6.07 Å². The Balaban J connectivity index is 1.75. The van der Waals surface area contributed by atoms with Crippen LogP contribution in [0.2, 0.25) is 0 Å². The second-order valence-corrected chi connectivity index (χ2v) is 5.55. The first-order valence-electron chi connectivity index (χ1n) is 7.41. The number of furan rings is 1. The molecule has 1 aliphatic heterocycles. The summed E-state index contributed by atoms with van der Waals surface area (Å²) in [6.45, 7) is 2.38. The molecule has 0 bridgehead atoms. The van der Waals surface area contributed by atoms with Crippen molar-refractivity contribution in [2.75, 3.05) is 18.4 Å². The van der Waals surface area contributed by atoms with Gasteiger partial charge in [0.25, 0.3) is 5.91 Å². The summed E-state index contributed by atoms with van der Waals surface area (Å²) in [6, 6.07) is 2.99. The average Bonchev–Trinajstić information content (AvgIpc) is 3.22. The molecule has 1 N–H and O–H groups in total. The third-order valence-corrected chi connectivity index (χ3v) is 3.81. The minimum atomic E-state index is -1.67. The minimum Gasteiger partial charge on any atom is -0.455 e. The van der Waals surface area contributed by atoms with E-state index in [4.69, 9.17) is 4.42 Å². The summed E-state index contributed by atoms with van der Waals surface area (Å²) in [5.41, 5.74) is -1.19. The summed E-state index contributed by atoms with van der Waals surface area (Å²) in [7, 11) is 0. The molecule has 1 aliphatic rings. The van der Waals surface area contributed by atoms with Gasteiger partial charge in [0.2, 0.25) is 0 Å². The Labute approximate surface area is 135 Å². The highest BCUT2D eigenvalue weighted by atomic mass is 19.2. The fourth-order valence-corrected chi connectivity index (χ4v) is 2.60. The van der Waals surface area contributed by atoms with Crippen LogP contribution in [-0.4, -0.2) is 23.9 Å². The molecule has 1 aromatic heterocycles. The van der Waals surface area contributed by atoms with E-state index in [-0.39, 0.29) is 11.8 Å². The van der Waals surface area contributed by atoms with Crippen molar-refractivity contribution in [3.05, 3.63) is 53.0 Å². The number of hydrogen-bond donors (Lipinski definition) is 1. The molecule has 8 heteroatoms. The Hall–Kier alpha value is -2.35. The van der Waals surface area contributed by atoms with Gasteiger partial charge in [-0.15, -0.1) is 0 Å². The number of nitrogens with zero attached hydrogens (tertiary/aromatic N) is 1. The molecule has 24 heavy (non-hydrogen) atoms. The van der Waals surface area contributed by atoms with E-state index < -0.39 is 34.9 Å². The van der Waals surface area contributed by atoms with Crippen molar-refractivity contribution in [3.63, 3.8) is 0 Å². The van der Waals surface area contributed by atoms with Crippen LogP contribution in [0.1, 0.15) is 29.2 Å². The number of rotatable bonds is 4. The van der Waals surface area contributed by atoms with Crippen LogP contribution in [0.25, 0.3) is 0 Å². The highest BCUT2D eigenvalue weighted by Gasteiger charge is 2.23. The van der Waals surface area contributed by atoms with Crippen molar-refractivity contribution in [2.45, 2.75) is 19.4 Å². The fraction of sp³-hybridized carbons (Fsp3) is 0.312. The number of hydrogen-bond acceptors (Lipinski definition) is 3. The van der Waals surface area contributed by atoms with Gasteiger partial charge in [-0.2, -0.15) is 0 Å². The molecule has 2 heterocycles. The SMILES string of the molecule is O=C(Nc1c(F)c(F)cc(F)c1F)c1ccc(CN2CCCC2)o1. The summed E-state index contributed by atoms with van der Waals surface area (Å²) in [4.78, 5) is 14.1. The van der Waals surface area contributed by atoms with Crippen LogP contribution in [0.4, 0.5) is 23.2 Å². The van der Waals surface area contributed by atoms with Crippen LogP contribution in [0, 0.1) is 23.3 Å². The van der Waals surface area contributed by atoms with Crippen molar-refractivity contribution >= 4 is 11.6 Å². The first kappa shape index (κ1) is 16.5. The van der Waals surface area contributed by atoms with Crippen molar-refractivity contribution < 1.29 is 26.8 Å². The van der Waals surface area contributed by atoms with E-state index in [0.29, 0.717) is 12.3 Å². The second kappa shape index (κ2) is 6.64. The normalized spacial score (nSPS) is 15.0. The third kappa shape index (κ3) is 3.28. The maximum absolute atomic E-state index is 13.6. The molecule has 1 aromatic carbocycles. The van der Waals surface area contributed by atoms with Gasteiger partial charge in [0.05, 0.1) is 6.54 Å². The van der Waals surface area contributed by atoms with Gasteiger partial charge in [-0.3, -0.25) is 9.69 Å². The predicted octanol–water partition coefficient (Wildman–Crippen LogP) is 3.68. The second-order valence-electron chi connectivity index (χ2n) is 5.55. The number of likely N-dealkylation sites (tertiary alicyclic amines) is 1. The predicted molar refractivity (Wildman–Crippen MR) is 77.4 cm³/mol. The van der Waals surface area contributed by atoms with Crippen molar-refractivity contribution in [1.29, 1.82) is 0 Å². The van der Waals surface area contributed by atoms with Crippen LogP contribution in [0.15, 0.2) is 22.6 Å². The first-order valence-corrected chi connectivity index (χ1v) is 7.41. The Kier molecular flexibility index (Phi) is 4.57. The van der Waals surface area contributed by atoms with Crippen LogP contribution in [-0.2, 0) is 6.54 Å². The molecule has 0 spiro atoms. The highest BCUT2D eigenvalue weighted by Crippen LogP contribution is 2.25. The van der Waals surface area contributed by atoms with E-state index in [9.17, 15) is 22.4 Å². The minimum absolute atomic E-state index is 0.0708. The lowest BCUT2D eigenvalue weighted by molar-refractivity contribution is 0.0992. The zero-order valence-corrected chi connectivity index (χ0v) is 12.5.